The van der Waals surface area contributed by atoms with Crippen molar-refractivity contribution in [2.24, 2.45) is 5.41 Å². The lowest BCUT2D eigenvalue weighted by Crippen LogP contribution is -2.36. The largest absolute Gasteiger partial charge is 0.277 e. The van der Waals surface area contributed by atoms with E-state index in [0.717, 1.165) is 17.0 Å². The number of imide groups is 1. The van der Waals surface area contributed by atoms with E-state index < -0.39 is 23.0 Å². The van der Waals surface area contributed by atoms with Gasteiger partial charge >= 0.3 is 0 Å². The Morgan fingerprint density at radius 3 is 2.56 bits per heavy atom. The molecule has 1 saturated heterocycles. The molecule has 4 nitrogen and oxygen atoms in total. The molecule has 0 spiro atoms. The molecule has 2 amide bonds. The highest BCUT2D eigenvalue weighted by Gasteiger charge is 2.45. The SMILES string of the molecule is CC1(C#N)CCN(C(=O)c2ccc(F)cc2)C1=O. The normalized spacial score (nSPS) is 22.9. The number of benzene rings is 1. The van der Waals surface area contributed by atoms with Gasteiger partial charge in [0.15, 0.2) is 0 Å². The number of amides is 2. The van der Waals surface area contributed by atoms with Gasteiger partial charge in [-0.1, -0.05) is 0 Å². The van der Waals surface area contributed by atoms with E-state index in [-0.39, 0.29) is 12.1 Å². The monoisotopic (exact) mass is 246 g/mol. The van der Waals surface area contributed by atoms with Gasteiger partial charge in [-0.2, -0.15) is 5.26 Å². The van der Waals surface area contributed by atoms with Crippen molar-refractivity contribution in [3.8, 4) is 6.07 Å². The van der Waals surface area contributed by atoms with Gasteiger partial charge in [0, 0.05) is 12.1 Å². The summed E-state index contributed by atoms with van der Waals surface area (Å²) in [6.07, 6.45) is 0.329. The van der Waals surface area contributed by atoms with E-state index in [9.17, 15) is 14.0 Å². The summed E-state index contributed by atoms with van der Waals surface area (Å²) >= 11 is 0. The molecule has 92 valence electrons. The van der Waals surface area contributed by atoms with Crippen LogP contribution in [0.1, 0.15) is 23.7 Å². The number of likely N-dealkylation sites (tertiary alicyclic amines) is 1. The van der Waals surface area contributed by atoms with Crippen molar-refractivity contribution < 1.29 is 14.0 Å². The molecular formula is C13H11FN2O2. The fraction of sp³-hybridized carbons (Fsp3) is 0.308. The van der Waals surface area contributed by atoms with Crippen molar-refractivity contribution in [2.75, 3.05) is 6.54 Å². The van der Waals surface area contributed by atoms with Crippen LogP contribution >= 0.6 is 0 Å². The van der Waals surface area contributed by atoms with Crippen LogP contribution < -0.4 is 0 Å². The molecule has 1 fully saturated rings. The van der Waals surface area contributed by atoms with Crippen LogP contribution in [0.4, 0.5) is 4.39 Å². The summed E-state index contributed by atoms with van der Waals surface area (Å²) in [6, 6.07) is 6.91. The lowest BCUT2D eigenvalue weighted by molar-refractivity contribution is -0.130. The number of nitriles is 1. The molecule has 0 saturated carbocycles. The topological polar surface area (TPSA) is 61.2 Å². The molecule has 0 aliphatic carbocycles. The molecule has 1 aromatic carbocycles. The lowest BCUT2D eigenvalue weighted by atomic mass is 9.91. The van der Waals surface area contributed by atoms with E-state index in [1.807, 2.05) is 6.07 Å². The minimum absolute atomic E-state index is 0.221. The molecule has 0 bridgehead atoms. The van der Waals surface area contributed by atoms with Gasteiger partial charge in [0.05, 0.1) is 6.07 Å². The van der Waals surface area contributed by atoms with Crippen LogP contribution in [-0.4, -0.2) is 23.3 Å². The first-order valence-corrected chi connectivity index (χ1v) is 5.51. The third-order valence-electron chi connectivity index (χ3n) is 3.14. The predicted molar refractivity (Wildman–Crippen MR) is 60.8 cm³/mol. The first kappa shape index (κ1) is 12.2. The maximum atomic E-state index is 12.7. The molecule has 5 heteroatoms. The number of carbonyl (C=O) groups excluding carboxylic acids is 2. The third-order valence-corrected chi connectivity index (χ3v) is 3.14. The number of rotatable bonds is 1. The second-order valence-electron chi connectivity index (χ2n) is 4.46. The van der Waals surface area contributed by atoms with Crippen LogP contribution in [0.3, 0.4) is 0 Å². The Kier molecular flexibility index (Phi) is 2.87. The fourth-order valence-corrected chi connectivity index (χ4v) is 1.89. The summed E-state index contributed by atoms with van der Waals surface area (Å²) in [6.45, 7) is 1.74. The van der Waals surface area contributed by atoms with Gasteiger partial charge in [-0.25, -0.2) is 4.39 Å². The van der Waals surface area contributed by atoms with E-state index in [1.165, 1.54) is 19.1 Å². The van der Waals surface area contributed by atoms with Gasteiger partial charge in [-0.05, 0) is 37.6 Å². The summed E-state index contributed by atoms with van der Waals surface area (Å²) in [5.74, 6) is -1.42. The number of nitrogens with zero attached hydrogens (tertiary/aromatic N) is 2. The molecule has 0 radical (unpaired) electrons. The molecule has 1 unspecified atom stereocenters. The Labute approximate surface area is 104 Å². The lowest BCUT2D eigenvalue weighted by Gasteiger charge is -2.16. The second-order valence-corrected chi connectivity index (χ2v) is 4.46. The zero-order chi connectivity index (χ0) is 13.3. The van der Waals surface area contributed by atoms with Gasteiger partial charge < -0.3 is 0 Å². The number of carbonyl (C=O) groups is 2. The highest BCUT2D eigenvalue weighted by molar-refractivity contribution is 6.08. The van der Waals surface area contributed by atoms with E-state index in [4.69, 9.17) is 5.26 Å². The first-order valence-electron chi connectivity index (χ1n) is 5.51. The van der Waals surface area contributed by atoms with Gasteiger partial charge in [0.2, 0.25) is 5.91 Å². The summed E-state index contributed by atoms with van der Waals surface area (Å²) in [7, 11) is 0. The summed E-state index contributed by atoms with van der Waals surface area (Å²) in [4.78, 5) is 25.0. The standard InChI is InChI=1S/C13H11FN2O2/c1-13(8-15)6-7-16(12(13)18)11(17)9-2-4-10(14)5-3-9/h2-5H,6-7H2,1H3. The predicted octanol–water partition coefficient (Wildman–Crippen LogP) is 1.73. The summed E-state index contributed by atoms with van der Waals surface area (Å²) in [5, 5.41) is 8.94. The Morgan fingerprint density at radius 1 is 1.44 bits per heavy atom. The van der Waals surface area contributed by atoms with Crippen LogP contribution in [0.2, 0.25) is 0 Å². The third kappa shape index (κ3) is 1.86. The van der Waals surface area contributed by atoms with Gasteiger partial charge in [0.1, 0.15) is 11.2 Å². The molecule has 1 atom stereocenters. The molecule has 1 heterocycles. The van der Waals surface area contributed by atoms with Crippen LogP contribution in [0, 0.1) is 22.6 Å². The maximum Gasteiger partial charge on any atom is 0.260 e. The maximum absolute atomic E-state index is 12.7. The molecule has 0 aromatic heterocycles. The summed E-state index contributed by atoms with van der Waals surface area (Å²) in [5.41, 5.74) is -0.887. The second kappa shape index (κ2) is 4.22. The van der Waals surface area contributed by atoms with Crippen molar-refractivity contribution in [1.29, 1.82) is 5.26 Å². The number of hydrogen-bond donors (Lipinski definition) is 0. The average molecular weight is 246 g/mol. The van der Waals surface area contributed by atoms with Crippen molar-refractivity contribution >= 4 is 11.8 Å². The van der Waals surface area contributed by atoms with E-state index in [2.05, 4.69) is 0 Å². The quantitative estimate of drug-likeness (QED) is 0.709. The molecule has 2 rings (SSSR count). The Bertz CT molecular complexity index is 547. The molecular weight excluding hydrogens is 235 g/mol. The van der Waals surface area contributed by atoms with Crippen LogP contribution in [0.25, 0.3) is 0 Å². The first-order chi connectivity index (χ1) is 8.48. The van der Waals surface area contributed by atoms with Crippen molar-refractivity contribution in [3.63, 3.8) is 0 Å². The Morgan fingerprint density at radius 2 is 2.06 bits per heavy atom. The van der Waals surface area contributed by atoms with E-state index in [1.54, 1.807) is 0 Å². The summed E-state index contributed by atoms with van der Waals surface area (Å²) < 4.78 is 12.7. The van der Waals surface area contributed by atoms with Crippen LogP contribution in [0.5, 0.6) is 0 Å². The molecule has 1 aromatic rings. The average Bonchev–Trinajstić information content (AvgIpc) is 2.67. The van der Waals surface area contributed by atoms with Crippen molar-refractivity contribution in [2.45, 2.75) is 13.3 Å². The molecule has 1 aliphatic rings. The molecule has 18 heavy (non-hydrogen) atoms. The van der Waals surface area contributed by atoms with Gasteiger partial charge in [-0.3, -0.25) is 14.5 Å². The van der Waals surface area contributed by atoms with Crippen molar-refractivity contribution in [1.82, 2.24) is 4.90 Å². The zero-order valence-electron chi connectivity index (χ0n) is 9.81. The van der Waals surface area contributed by atoms with E-state index >= 15 is 0 Å². The highest BCUT2D eigenvalue weighted by atomic mass is 19.1. The smallest absolute Gasteiger partial charge is 0.260 e. The van der Waals surface area contributed by atoms with Gasteiger partial charge in [0.25, 0.3) is 5.91 Å². The van der Waals surface area contributed by atoms with Crippen molar-refractivity contribution in [3.05, 3.63) is 35.6 Å². The number of hydrogen-bond acceptors (Lipinski definition) is 3. The Hall–Kier alpha value is -2.22. The molecule has 0 N–H and O–H groups in total. The zero-order valence-corrected chi connectivity index (χ0v) is 9.81. The minimum atomic E-state index is -1.13. The number of halogens is 1. The minimum Gasteiger partial charge on any atom is -0.277 e. The van der Waals surface area contributed by atoms with E-state index in [0.29, 0.717) is 6.42 Å². The van der Waals surface area contributed by atoms with Crippen LogP contribution in [-0.2, 0) is 4.79 Å². The fourth-order valence-electron chi connectivity index (χ4n) is 1.89. The highest BCUT2D eigenvalue weighted by Crippen LogP contribution is 2.31. The Balaban J connectivity index is 2.25. The van der Waals surface area contributed by atoms with Gasteiger partial charge in [-0.15, -0.1) is 0 Å². The van der Waals surface area contributed by atoms with Crippen LogP contribution in [0.15, 0.2) is 24.3 Å². The molecule has 1 aliphatic heterocycles.